The SMILES string of the molecule is Nc1ccc(OC(F)(F)F)c(F)c1. The summed E-state index contributed by atoms with van der Waals surface area (Å²) in [6, 6.07) is 2.68. The summed E-state index contributed by atoms with van der Waals surface area (Å²) in [6.45, 7) is 0. The molecule has 0 aliphatic carbocycles. The Bertz CT molecular complexity index is 310. The molecule has 13 heavy (non-hydrogen) atoms. The highest BCUT2D eigenvalue weighted by Gasteiger charge is 2.32. The Kier molecular flexibility index (Phi) is 2.31. The molecule has 0 atom stereocenters. The number of nitrogen functional groups attached to an aromatic ring is 1. The molecule has 2 nitrogen and oxygen atoms in total. The summed E-state index contributed by atoms with van der Waals surface area (Å²) >= 11 is 0. The van der Waals surface area contributed by atoms with Crippen LogP contribution in [0.2, 0.25) is 0 Å². The first-order chi connectivity index (χ1) is 5.88. The van der Waals surface area contributed by atoms with Crippen molar-refractivity contribution < 1.29 is 22.3 Å². The van der Waals surface area contributed by atoms with E-state index in [1.54, 1.807) is 0 Å². The number of anilines is 1. The summed E-state index contributed by atoms with van der Waals surface area (Å²) in [7, 11) is 0. The highest BCUT2D eigenvalue weighted by Crippen LogP contribution is 2.26. The fourth-order valence-electron chi connectivity index (χ4n) is 0.725. The van der Waals surface area contributed by atoms with Crippen LogP contribution in [0.1, 0.15) is 0 Å². The topological polar surface area (TPSA) is 35.2 Å². The lowest BCUT2D eigenvalue weighted by atomic mass is 10.3. The number of rotatable bonds is 1. The van der Waals surface area contributed by atoms with E-state index in [1.807, 2.05) is 0 Å². The van der Waals surface area contributed by atoms with Gasteiger partial charge in [0.1, 0.15) is 0 Å². The summed E-state index contributed by atoms with van der Waals surface area (Å²) in [5, 5.41) is 0. The molecular weight excluding hydrogens is 190 g/mol. The smallest absolute Gasteiger partial charge is 0.403 e. The van der Waals surface area contributed by atoms with Gasteiger partial charge in [-0.2, -0.15) is 0 Å². The summed E-state index contributed by atoms with van der Waals surface area (Å²) < 4.78 is 50.8. The van der Waals surface area contributed by atoms with Gasteiger partial charge in [-0.05, 0) is 12.1 Å². The van der Waals surface area contributed by atoms with Gasteiger partial charge >= 0.3 is 6.36 Å². The largest absolute Gasteiger partial charge is 0.573 e. The Balaban J connectivity index is 2.90. The van der Waals surface area contributed by atoms with Gasteiger partial charge in [-0.15, -0.1) is 13.2 Å². The van der Waals surface area contributed by atoms with Gasteiger partial charge in [-0.1, -0.05) is 0 Å². The molecule has 0 aromatic heterocycles. The molecule has 2 N–H and O–H groups in total. The molecule has 0 aliphatic heterocycles. The van der Waals surface area contributed by atoms with Crippen molar-refractivity contribution in [1.29, 1.82) is 0 Å². The fourth-order valence-corrected chi connectivity index (χ4v) is 0.725. The van der Waals surface area contributed by atoms with Crippen molar-refractivity contribution in [3.8, 4) is 5.75 Å². The van der Waals surface area contributed by atoms with Gasteiger partial charge in [-0.3, -0.25) is 0 Å². The second-order valence-corrected chi connectivity index (χ2v) is 2.24. The van der Waals surface area contributed by atoms with Crippen molar-refractivity contribution in [1.82, 2.24) is 0 Å². The van der Waals surface area contributed by atoms with Crippen molar-refractivity contribution in [2.24, 2.45) is 0 Å². The van der Waals surface area contributed by atoms with Gasteiger partial charge in [-0.25, -0.2) is 4.39 Å². The third-order valence-corrected chi connectivity index (χ3v) is 1.18. The Labute approximate surface area is 70.9 Å². The van der Waals surface area contributed by atoms with E-state index in [1.165, 1.54) is 0 Å². The minimum Gasteiger partial charge on any atom is -0.403 e. The van der Waals surface area contributed by atoms with E-state index in [2.05, 4.69) is 4.74 Å². The van der Waals surface area contributed by atoms with E-state index < -0.39 is 17.9 Å². The van der Waals surface area contributed by atoms with Gasteiger partial charge in [0.25, 0.3) is 0 Å². The highest BCUT2D eigenvalue weighted by molar-refractivity contribution is 5.42. The predicted molar refractivity (Wildman–Crippen MR) is 37.5 cm³/mol. The zero-order valence-electron chi connectivity index (χ0n) is 6.23. The Morgan fingerprint density at radius 3 is 2.31 bits per heavy atom. The van der Waals surface area contributed by atoms with Crippen molar-refractivity contribution in [2.75, 3.05) is 5.73 Å². The van der Waals surface area contributed by atoms with Crippen molar-refractivity contribution in [2.45, 2.75) is 6.36 Å². The number of ether oxygens (including phenoxy) is 1. The molecule has 0 saturated heterocycles. The molecule has 0 radical (unpaired) electrons. The van der Waals surface area contributed by atoms with Crippen molar-refractivity contribution >= 4 is 5.69 Å². The lowest BCUT2D eigenvalue weighted by Crippen LogP contribution is -2.17. The van der Waals surface area contributed by atoms with Crippen LogP contribution in [0.5, 0.6) is 5.75 Å². The highest BCUT2D eigenvalue weighted by atomic mass is 19.4. The third-order valence-electron chi connectivity index (χ3n) is 1.18. The lowest BCUT2D eigenvalue weighted by molar-refractivity contribution is -0.275. The first-order valence-corrected chi connectivity index (χ1v) is 3.19. The maximum Gasteiger partial charge on any atom is 0.573 e. The average molecular weight is 195 g/mol. The summed E-state index contributed by atoms with van der Waals surface area (Å²) in [6.07, 6.45) is -4.89. The monoisotopic (exact) mass is 195 g/mol. The second-order valence-electron chi connectivity index (χ2n) is 2.24. The molecule has 0 bridgehead atoms. The maximum atomic E-state index is 12.7. The molecule has 0 unspecified atom stereocenters. The number of benzene rings is 1. The Morgan fingerprint density at radius 2 is 1.85 bits per heavy atom. The molecule has 1 rings (SSSR count). The minimum absolute atomic E-state index is 0.0343. The van der Waals surface area contributed by atoms with Crippen LogP contribution >= 0.6 is 0 Å². The van der Waals surface area contributed by atoms with Crippen LogP contribution < -0.4 is 10.5 Å². The van der Waals surface area contributed by atoms with Gasteiger partial charge in [0, 0.05) is 11.8 Å². The number of halogens is 4. The van der Waals surface area contributed by atoms with E-state index in [0.29, 0.717) is 0 Å². The lowest BCUT2D eigenvalue weighted by Gasteiger charge is -2.09. The first-order valence-electron chi connectivity index (χ1n) is 3.19. The molecule has 72 valence electrons. The normalized spacial score (nSPS) is 11.4. The van der Waals surface area contributed by atoms with Crippen LogP contribution in [0.15, 0.2) is 18.2 Å². The summed E-state index contributed by atoms with van der Waals surface area (Å²) in [5.74, 6) is -2.03. The summed E-state index contributed by atoms with van der Waals surface area (Å²) in [4.78, 5) is 0. The fraction of sp³-hybridized carbons (Fsp3) is 0.143. The van der Waals surface area contributed by atoms with Gasteiger partial charge in [0.2, 0.25) is 0 Å². The summed E-state index contributed by atoms with van der Waals surface area (Å²) in [5.41, 5.74) is 5.15. The van der Waals surface area contributed by atoms with Crippen molar-refractivity contribution in [3.05, 3.63) is 24.0 Å². The molecule has 1 aromatic rings. The molecule has 0 amide bonds. The van der Waals surface area contributed by atoms with Gasteiger partial charge < -0.3 is 10.5 Å². The van der Waals surface area contributed by atoms with Gasteiger partial charge in [0.15, 0.2) is 11.6 Å². The zero-order chi connectivity index (χ0) is 10.1. The molecule has 0 spiro atoms. The maximum absolute atomic E-state index is 12.7. The molecule has 0 heterocycles. The van der Waals surface area contributed by atoms with Crippen LogP contribution in [-0.4, -0.2) is 6.36 Å². The first kappa shape index (κ1) is 9.63. The van der Waals surface area contributed by atoms with Crippen LogP contribution in [-0.2, 0) is 0 Å². The Morgan fingerprint density at radius 1 is 1.23 bits per heavy atom. The van der Waals surface area contributed by atoms with Crippen LogP contribution in [0.3, 0.4) is 0 Å². The van der Waals surface area contributed by atoms with Gasteiger partial charge in [0.05, 0.1) is 0 Å². The number of nitrogens with two attached hydrogens (primary N) is 1. The standard InChI is InChI=1S/C7H5F4NO/c8-5-3-4(12)1-2-6(5)13-7(9,10)11/h1-3H,12H2. The number of alkyl halides is 3. The van der Waals surface area contributed by atoms with E-state index >= 15 is 0 Å². The van der Waals surface area contributed by atoms with Crippen molar-refractivity contribution in [3.63, 3.8) is 0 Å². The molecule has 6 heteroatoms. The number of hydrogen-bond acceptors (Lipinski definition) is 2. The van der Waals surface area contributed by atoms with Crippen LogP contribution in [0.4, 0.5) is 23.2 Å². The predicted octanol–water partition coefficient (Wildman–Crippen LogP) is 2.31. The quantitative estimate of drug-likeness (QED) is 0.551. The van der Waals surface area contributed by atoms with E-state index in [-0.39, 0.29) is 5.69 Å². The molecule has 0 saturated carbocycles. The van der Waals surface area contributed by atoms with Crippen LogP contribution in [0.25, 0.3) is 0 Å². The molecule has 0 aliphatic rings. The molecular formula is C7H5F4NO. The van der Waals surface area contributed by atoms with Crippen LogP contribution in [0, 0.1) is 5.82 Å². The zero-order valence-corrected chi connectivity index (χ0v) is 6.23. The Hall–Kier alpha value is -1.46. The minimum atomic E-state index is -4.89. The van der Waals surface area contributed by atoms with E-state index in [9.17, 15) is 17.6 Å². The number of hydrogen-bond donors (Lipinski definition) is 1. The van der Waals surface area contributed by atoms with E-state index in [4.69, 9.17) is 5.73 Å². The second kappa shape index (κ2) is 3.12. The average Bonchev–Trinajstić information content (AvgIpc) is 1.93. The van der Waals surface area contributed by atoms with E-state index in [0.717, 1.165) is 18.2 Å². The third kappa shape index (κ3) is 2.81. The molecule has 1 aromatic carbocycles. The molecule has 0 fully saturated rings.